The van der Waals surface area contributed by atoms with Gasteiger partial charge in [0.15, 0.2) is 0 Å². The van der Waals surface area contributed by atoms with Crippen LogP contribution in [-0.2, 0) is 4.79 Å². The van der Waals surface area contributed by atoms with Gasteiger partial charge in [0, 0.05) is 13.1 Å². The Labute approximate surface area is 75.0 Å². The van der Waals surface area contributed by atoms with Gasteiger partial charge in [0.2, 0.25) is 0 Å². The van der Waals surface area contributed by atoms with Crippen LogP contribution in [0.2, 0.25) is 0 Å². The lowest BCUT2D eigenvalue weighted by Gasteiger charge is -2.27. The molecule has 0 aromatic rings. The first-order valence-electron chi connectivity index (χ1n) is 4.27. The summed E-state index contributed by atoms with van der Waals surface area (Å²) in [6.45, 7) is 0.750. The SMILES string of the molecule is O=C(O)N1CC[C@]2(C(=O)O)C[C@@H]2C1. The fraction of sp³-hybridized carbons (Fsp3) is 0.750. The fourth-order valence-corrected chi connectivity index (χ4v) is 2.16. The second-order valence-corrected chi connectivity index (χ2v) is 3.84. The Morgan fingerprint density at radius 3 is 2.54 bits per heavy atom. The quantitative estimate of drug-likeness (QED) is 0.622. The van der Waals surface area contributed by atoms with Crippen molar-refractivity contribution in [2.45, 2.75) is 12.8 Å². The molecule has 0 aromatic heterocycles. The van der Waals surface area contributed by atoms with Crippen molar-refractivity contribution in [1.29, 1.82) is 0 Å². The van der Waals surface area contributed by atoms with Crippen molar-refractivity contribution in [3.05, 3.63) is 0 Å². The molecule has 72 valence electrons. The van der Waals surface area contributed by atoms with Crippen LogP contribution in [0.3, 0.4) is 0 Å². The number of rotatable bonds is 1. The standard InChI is InChI=1S/C8H11NO4/c10-6(11)8-1-2-9(7(12)13)4-5(8)3-8/h5H,1-4H2,(H,10,11)(H,12,13)/t5-,8+/m1/s1. The van der Waals surface area contributed by atoms with Gasteiger partial charge in [-0.3, -0.25) is 4.79 Å². The van der Waals surface area contributed by atoms with Crippen molar-refractivity contribution in [3.8, 4) is 0 Å². The second kappa shape index (κ2) is 2.37. The number of hydrogen-bond acceptors (Lipinski definition) is 2. The number of fused-ring (bicyclic) bond motifs is 1. The third kappa shape index (κ3) is 1.07. The van der Waals surface area contributed by atoms with Gasteiger partial charge in [-0.2, -0.15) is 0 Å². The lowest BCUT2D eigenvalue weighted by molar-refractivity contribution is -0.145. The Hall–Kier alpha value is -1.26. The Kier molecular flexibility index (Phi) is 1.52. The van der Waals surface area contributed by atoms with E-state index in [0.717, 1.165) is 0 Å². The van der Waals surface area contributed by atoms with Crippen molar-refractivity contribution in [3.63, 3.8) is 0 Å². The molecule has 1 heterocycles. The molecule has 0 spiro atoms. The van der Waals surface area contributed by atoms with Crippen molar-refractivity contribution >= 4 is 12.1 Å². The molecule has 2 rings (SSSR count). The topological polar surface area (TPSA) is 77.8 Å². The molecule has 5 heteroatoms. The summed E-state index contributed by atoms with van der Waals surface area (Å²) in [5, 5.41) is 17.6. The summed E-state index contributed by atoms with van der Waals surface area (Å²) < 4.78 is 0. The second-order valence-electron chi connectivity index (χ2n) is 3.84. The summed E-state index contributed by atoms with van der Waals surface area (Å²) >= 11 is 0. The minimum Gasteiger partial charge on any atom is -0.481 e. The van der Waals surface area contributed by atoms with Crippen LogP contribution in [0.5, 0.6) is 0 Å². The van der Waals surface area contributed by atoms with E-state index in [2.05, 4.69) is 0 Å². The molecule has 0 radical (unpaired) electrons. The van der Waals surface area contributed by atoms with E-state index in [9.17, 15) is 9.59 Å². The first kappa shape index (κ1) is 8.34. The minimum absolute atomic E-state index is 0.0508. The summed E-state index contributed by atoms with van der Waals surface area (Å²) in [6, 6.07) is 0. The van der Waals surface area contributed by atoms with Crippen molar-refractivity contribution in [2.75, 3.05) is 13.1 Å². The van der Waals surface area contributed by atoms with E-state index in [0.29, 0.717) is 25.9 Å². The van der Waals surface area contributed by atoms with Gasteiger partial charge in [-0.1, -0.05) is 0 Å². The molecule has 13 heavy (non-hydrogen) atoms. The minimum atomic E-state index is -0.939. The van der Waals surface area contributed by atoms with Gasteiger partial charge in [-0.25, -0.2) is 4.79 Å². The molecule has 1 saturated heterocycles. The highest BCUT2D eigenvalue weighted by Gasteiger charge is 2.62. The van der Waals surface area contributed by atoms with E-state index >= 15 is 0 Å². The summed E-state index contributed by atoms with van der Waals surface area (Å²) in [5.74, 6) is -0.711. The zero-order chi connectivity index (χ0) is 9.64. The average molecular weight is 185 g/mol. The predicted octanol–water partition coefficient (Wildman–Crippen LogP) is 0.461. The fourth-order valence-electron chi connectivity index (χ4n) is 2.16. The van der Waals surface area contributed by atoms with Crippen molar-refractivity contribution in [1.82, 2.24) is 4.90 Å². The summed E-state index contributed by atoms with van der Waals surface area (Å²) in [4.78, 5) is 22.7. The lowest BCUT2D eigenvalue weighted by Crippen LogP contribution is -2.40. The number of carbonyl (C=O) groups is 2. The first-order chi connectivity index (χ1) is 6.06. The van der Waals surface area contributed by atoms with Crippen LogP contribution < -0.4 is 0 Å². The zero-order valence-electron chi connectivity index (χ0n) is 7.06. The summed E-state index contributed by atoms with van der Waals surface area (Å²) in [7, 11) is 0. The van der Waals surface area contributed by atoms with Crippen LogP contribution >= 0.6 is 0 Å². The van der Waals surface area contributed by atoms with E-state index in [-0.39, 0.29) is 5.92 Å². The molecule has 1 saturated carbocycles. The maximum absolute atomic E-state index is 10.8. The van der Waals surface area contributed by atoms with Crippen LogP contribution in [0, 0.1) is 11.3 Å². The Morgan fingerprint density at radius 2 is 2.08 bits per heavy atom. The molecule has 2 fully saturated rings. The molecule has 0 aromatic carbocycles. The van der Waals surface area contributed by atoms with Crippen molar-refractivity contribution in [2.24, 2.45) is 11.3 Å². The van der Waals surface area contributed by atoms with Gasteiger partial charge in [0.1, 0.15) is 0 Å². The largest absolute Gasteiger partial charge is 0.481 e. The number of nitrogens with zero attached hydrogens (tertiary/aromatic N) is 1. The van der Waals surface area contributed by atoms with E-state index in [1.807, 2.05) is 0 Å². The van der Waals surface area contributed by atoms with Crippen LogP contribution in [0.25, 0.3) is 0 Å². The monoisotopic (exact) mass is 185 g/mol. The average Bonchev–Trinajstić information content (AvgIpc) is 2.77. The highest BCUT2D eigenvalue weighted by Crippen LogP contribution is 2.57. The van der Waals surface area contributed by atoms with E-state index in [4.69, 9.17) is 10.2 Å². The summed E-state index contributed by atoms with van der Waals surface area (Å²) in [5.41, 5.74) is -0.577. The highest BCUT2D eigenvalue weighted by molar-refractivity contribution is 5.79. The molecule has 5 nitrogen and oxygen atoms in total. The smallest absolute Gasteiger partial charge is 0.407 e. The van der Waals surface area contributed by atoms with E-state index in [1.165, 1.54) is 4.90 Å². The molecule has 2 aliphatic rings. The van der Waals surface area contributed by atoms with Gasteiger partial charge in [0.25, 0.3) is 0 Å². The highest BCUT2D eigenvalue weighted by atomic mass is 16.4. The normalized spacial score (nSPS) is 36.6. The van der Waals surface area contributed by atoms with Crippen LogP contribution in [0.15, 0.2) is 0 Å². The van der Waals surface area contributed by atoms with E-state index < -0.39 is 17.5 Å². The number of amides is 1. The number of piperidine rings is 1. The molecule has 0 unspecified atom stereocenters. The third-order valence-corrected chi connectivity index (χ3v) is 3.20. The zero-order valence-corrected chi connectivity index (χ0v) is 7.06. The maximum atomic E-state index is 10.8. The van der Waals surface area contributed by atoms with Gasteiger partial charge in [-0.05, 0) is 18.8 Å². The molecule has 0 bridgehead atoms. The number of aliphatic carboxylic acids is 1. The maximum Gasteiger partial charge on any atom is 0.407 e. The molecular weight excluding hydrogens is 174 g/mol. The van der Waals surface area contributed by atoms with Crippen LogP contribution in [0.4, 0.5) is 4.79 Å². The Morgan fingerprint density at radius 1 is 1.38 bits per heavy atom. The molecule has 2 atom stereocenters. The van der Waals surface area contributed by atoms with Crippen LogP contribution in [-0.4, -0.2) is 40.3 Å². The molecule has 1 aliphatic carbocycles. The van der Waals surface area contributed by atoms with E-state index in [1.54, 1.807) is 0 Å². The number of likely N-dealkylation sites (tertiary alicyclic amines) is 1. The predicted molar refractivity (Wildman–Crippen MR) is 42.4 cm³/mol. The summed E-state index contributed by atoms with van der Waals surface area (Å²) in [6.07, 6.45) is 0.177. The molecular formula is C8H11NO4. The van der Waals surface area contributed by atoms with Crippen LogP contribution in [0.1, 0.15) is 12.8 Å². The molecule has 1 aliphatic heterocycles. The van der Waals surface area contributed by atoms with Gasteiger partial charge in [0.05, 0.1) is 5.41 Å². The molecule has 2 N–H and O–H groups in total. The van der Waals surface area contributed by atoms with Gasteiger partial charge >= 0.3 is 12.1 Å². The van der Waals surface area contributed by atoms with Gasteiger partial charge < -0.3 is 15.1 Å². The lowest BCUT2D eigenvalue weighted by atomic mass is 9.96. The van der Waals surface area contributed by atoms with Crippen molar-refractivity contribution < 1.29 is 19.8 Å². The number of carboxylic acid groups (broad SMARTS) is 2. The first-order valence-corrected chi connectivity index (χ1v) is 4.27. The Bertz CT molecular complexity index is 277. The number of hydrogen-bond donors (Lipinski definition) is 2. The Balaban J connectivity index is 2.03. The van der Waals surface area contributed by atoms with Gasteiger partial charge in [-0.15, -0.1) is 0 Å². The molecule has 1 amide bonds. The third-order valence-electron chi connectivity index (χ3n) is 3.20. The number of carboxylic acids is 1.